The second-order valence-corrected chi connectivity index (χ2v) is 7.83. The second-order valence-electron chi connectivity index (χ2n) is 7.83. The normalized spacial score (nSPS) is 16.1. The Balaban J connectivity index is 0.00000363. The maximum Gasteiger partial charge on any atom is 0.196 e. The van der Waals surface area contributed by atoms with Gasteiger partial charge >= 0.3 is 0 Å². The molecule has 2 aromatic rings. The Morgan fingerprint density at radius 2 is 2.12 bits per heavy atom. The van der Waals surface area contributed by atoms with E-state index < -0.39 is 0 Å². The summed E-state index contributed by atoms with van der Waals surface area (Å²) < 4.78 is 18.9. The van der Waals surface area contributed by atoms with Crippen molar-refractivity contribution in [2.75, 3.05) is 31.7 Å². The molecule has 1 aromatic carbocycles. The van der Waals surface area contributed by atoms with Crippen LogP contribution in [0.15, 0.2) is 35.6 Å². The molecule has 0 radical (unpaired) electrons. The minimum Gasteiger partial charge on any atom is -0.491 e. The van der Waals surface area contributed by atoms with E-state index in [0.29, 0.717) is 25.7 Å². The standard InChI is InChI=1S/C22H34N6O3.HI/c1-17(2)31-19-9-7-18(8-10-19)26-22(24-14-21-27-25-16-28(21)3)23-11-5-12-29-15-20-6-4-13-30-20;/h7-10,16-17,20H,4-6,11-15H2,1-3H3,(H2,23,24,26);1H. The van der Waals surface area contributed by atoms with Gasteiger partial charge in [-0.25, -0.2) is 4.99 Å². The summed E-state index contributed by atoms with van der Waals surface area (Å²) in [5.74, 6) is 2.32. The van der Waals surface area contributed by atoms with Crippen LogP contribution in [0.3, 0.4) is 0 Å². The Hall–Kier alpha value is -1.92. The van der Waals surface area contributed by atoms with E-state index in [0.717, 1.165) is 49.7 Å². The van der Waals surface area contributed by atoms with Crippen molar-refractivity contribution in [2.45, 2.75) is 51.9 Å². The first-order valence-corrected chi connectivity index (χ1v) is 10.9. The molecule has 1 fully saturated rings. The molecule has 1 atom stereocenters. The van der Waals surface area contributed by atoms with E-state index in [2.05, 4.69) is 25.8 Å². The third-order valence-corrected chi connectivity index (χ3v) is 4.76. The van der Waals surface area contributed by atoms with Gasteiger partial charge in [-0.05, 0) is 57.4 Å². The largest absolute Gasteiger partial charge is 0.491 e. The molecule has 2 heterocycles. The van der Waals surface area contributed by atoms with Gasteiger partial charge in [0.1, 0.15) is 18.6 Å². The molecule has 3 rings (SSSR count). The summed E-state index contributed by atoms with van der Waals surface area (Å²) in [4.78, 5) is 4.65. The minimum absolute atomic E-state index is 0. The van der Waals surface area contributed by atoms with Gasteiger partial charge in [0.15, 0.2) is 11.8 Å². The molecule has 32 heavy (non-hydrogen) atoms. The van der Waals surface area contributed by atoms with Gasteiger partial charge in [0.2, 0.25) is 0 Å². The van der Waals surface area contributed by atoms with E-state index in [-0.39, 0.29) is 36.2 Å². The quantitative estimate of drug-likeness (QED) is 0.189. The smallest absolute Gasteiger partial charge is 0.196 e. The maximum absolute atomic E-state index is 5.74. The second kappa shape index (κ2) is 14.3. The molecule has 0 amide bonds. The van der Waals surface area contributed by atoms with Gasteiger partial charge < -0.3 is 29.4 Å². The molecular formula is C22H35IN6O3. The van der Waals surface area contributed by atoms with Crippen LogP contribution >= 0.6 is 24.0 Å². The fraction of sp³-hybridized carbons (Fsp3) is 0.591. The highest BCUT2D eigenvalue weighted by molar-refractivity contribution is 14.0. The number of anilines is 1. The van der Waals surface area contributed by atoms with Gasteiger partial charge in [-0.15, -0.1) is 34.2 Å². The number of nitrogens with one attached hydrogen (secondary N) is 2. The summed E-state index contributed by atoms with van der Waals surface area (Å²) >= 11 is 0. The molecule has 1 aliphatic heterocycles. The van der Waals surface area contributed by atoms with Crippen molar-refractivity contribution in [2.24, 2.45) is 12.0 Å². The van der Waals surface area contributed by atoms with Crippen LogP contribution in [0.2, 0.25) is 0 Å². The van der Waals surface area contributed by atoms with E-state index in [1.165, 1.54) is 0 Å². The molecule has 10 heteroatoms. The summed E-state index contributed by atoms with van der Waals surface area (Å²) in [5, 5.41) is 14.7. The predicted octanol–water partition coefficient (Wildman–Crippen LogP) is 3.36. The van der Waals surface area contributed by atoms with Crippen molar-refractivity contribution < 1.29 is 14.2 Å². The van der Waals surface area contributed by atoms with Crippen LogP contribution in [-0.2, 0) is 23.1 Å². The average molecular weight is 558 g/mol. The Labute approximate surface area is 207 Å². The van der Waals surface area contributed by atoms with Crippen LogP contribution in [0.1, 0.15) is 38.9 Å². The first-order chi connectivity index (χ1) is 15.1. The van der Waals surface area contributed by atoms with Gasteiger partial charge in [0.25, 0.3) is 0 Å². The topological polar surface area (TPSA) is 94.8 Å². The van der Waals surface area contributed by atoms with Gasteiger partial charge in [-0.1, -0.05) is 0 Å². The van der Waals surface area contributed by atoms with E-state index in [1.54, 1.807) is 6.33 Å². The van der Waals surface area contributed by atoms with Gasteiger partial charge in [-0.3, -0.25) is 0 Å². The summed E-state index contributed by atoms with van der Waals surface area (Å²) in [7, 11) is 1.91. The third kappa shape index (κ3) is 9.29. The highest BCUT2D eigenvalue weighted by Crippen LogP contribution is 2.17. The van der Waals surface area contributed by atoms with Crippen LogP contribution < -0.4 is 15.4 Å². The number of rotatable bonds is 11. The highest BCUT2D eigenvalue weighted by Gasteiger charge is 2.15. The van der Waals surface area contributed by atoms with Crippen molar-refractivity contribution >= 4 is 35.6 Å². The van der Waals surface area contributed by atoms with Crippen LogP contribution in [0.25, 0.3) is 0 Å². The lowest BCUT2D eigenvalue weighted by Gasteiger charge is -2.14. The van der Waals surface area contributed by atoms with E-state index in [9.17, 15) is 0 Å². The molecule has 9 nitrogen and oxygen atoms in total. The fourth-order valence-electron chi connectivity index (χ4n) is 3.14. The third-order valence-electron chi connectivity index (χ3n) is 4.76. The Morgan fingerprint density at radius 3 is 2.78 bits per heavy atom. The average Bonchev–Trinajstić information content (AvgIpc) is 3.41. The van der Waals surface area contributed by atoms with Gasteiger partial charge in [-0.2, -0.15) is 0 Å². The monoisotopic (exact) mass is 558 g/mol. The van der Waals surface area contributed by atoms with Crippen molar-refractivity contribution in [3.8, 4) is 5.75 Å². The number of ether oxygens (including phenoxy) is 3. The fourth-order valence-corrected chi connectivity index (χ4v) is 3.14. The Kier molecular flexibility index (Phi) is 11.7. The molecule has 0 aliphatic carbocycles. The number of benzene rings is 1. The zero-order chi connectivity index (χ0) is 21.9. The molecule has 178 valence electrons. The zero-order valence-electron chi connectivity index (χ0n) is 19.1. The Bertz CT molecular complexity index is 806. The first-order valence-electron chi connectivity index (χ1n) is 10.9. The molecule has 1 aromatic heterocycles. The number of aromatic nitrogens is 3. The number of halogens is 1. The number of hydrogen-bond acceptors (Lipinski definition) is 6. The SMILES string of the molecule is CC(C)Oc1ccc(NC(=NCc2nncn2C)NCCCOCC2CCCO2)cc1.I. The molecule has 1 saturated heterocycles. The van der Waals surface area contributed by atoms with Gasteiger partial charge in [0.05, 0.1) is 18.8 Å². The summed E-state index contributed by atoms with van der Waals surface area (Å²) in [6.07, 6.45) is 5.19. The molecule has 1 aliphatic rings. The van der Waals surface area contributed by atoms with Crippen LogP contribution in [0.4, 0.5) is 5.69 Å². The summed E-state index contributed by atoms with van der Waals surface area (Å²) in [5.41, 5.74) is 0.926. The number of nitrogens with zero attached hydrogens (tertiary/aromatic N) is 4. The predicted molar refractivity (Wildman–Crippen MR) is 136 cm³/mol. The van der Waals surface area contributed by atoms with Crippen LogP contribution in [0.5, 0.6) is 5.75 Å². The van der Waals surface area contributed by atoms with Gasteiger partial charge in [0, 0.05) is 32.5 Å². The number of aliphatic imine (C=N–C) groups is 1. The Morgan fingerprint density at radius 1 is 1.31 bits per heavy atom. The van der Waals surface area contributed by atoms with Crippen LogP contribution in [0, 0.1) is 0 Å². The summed E-state index contributed by atoms with van der Waals surface area (Å²) in [6, 6.07) is 7.84. The number of hydrogen-bond donors (Lipinski definition) is 2. The molecular weight excluding hydrogens is 523 g/mol. The van der Waals surface area contributed by atoms with Crippen molar-refractivity contribution in [1.29, 1.82) is 0 Å². The molecule has 0 saturated carbocycles. The lowest BCUT2D eigenvalue weighted by atomic mass is 10.2. The number of guanidine groups is 1. The molecule has 1 unspecified atom stereocenters. The van der Waals surface area contributed by atoms with Crippen molar-refractivity contribution in [3.05, 3.63) is 36.4 Å². The summed E-state index contributed by atoms with van der Waals surface area (Å²) in [6.45, 7) is 7.41. The zero-order valence-corrected chi connectivity index (χ0v) is 21.5. The number of aryl methyl sites for hydroxylation is 1. The highest BCUT2D eigenvalue weighted by atomic mass is 127. The van der Waals surface area contributed by atoms with E-state index in [1.807, 2.05) is 49.7 Å². The molecule has 2 N–H and O–H groups in total. The van der Waals surface area contributed by atoms with Crippen LogP contribution in [-0.4, -0.2) is 59.3 Å². The van der Waals surface area contributed by atoms with E-state index in [4.69, 9.17) is 14.2 Å². The van der Waals surface area contributed by atoms with Crippen molar-refractivity contribution in [1.82, 2.24) is 20.1 Å². The van der Waals surface area contributed by atoms with Crippen molar-refractivity contribution in [3.63, 3.8) is 0 Å². The molecule has 0 spiro atoms. The lowest BCUT2D eigenvalue weighted by Crippen LogP contribution is -2.32. The minimum atomic E-state index is 0. The first kappa shape index (κ1) is 26.3. The molecule has 0 bridgehead atoms. The van der Waals surface area contributed by atoms with E-state index >= 15 is 0 Å². The lowest BCUT2D eigenvalue weighted by molar-refractivity contribution is 0.0168. The maximum atomic E-state index is 5.74.